The Balaban J connectivity index is 1.84. The first-order chi connectivity index (χ1) is 10.8. The van der Waals surface area contributed by atoms with E-state index in [0.717, 1.165) is 22.2 Å². The quantitative estimate of drug-likeness (QED) is 0.591. The molecule has 6 nitrogen and oxygen atoms in total. The van der Waals surface area contributed by atoms with Gasteiger partial charge in [-0.3, -0.25) is 4.98 Å². The average Bonchev–Trinajstić information content (AvgIpc) is 2.99. The minimum Gasteiger partial charge on any atom is -0.383 e. The summed E-state index contributed by atoms with van der Waals surface area (Å²) in [6, 6.07) is 9.60. The largest absolute Gasteiger partial charge is 0.383 e. The van der Waals surface area contributed by atoms with E-state index >= 15 is 0 Å². The van der Waals surface area contributed by atoms with Gasteiger partial charge in [-0.05, 0) is 24.3 Å². The lowest BCUT2D eigenvalue weighted by Gasteiger charge is -1.99. The van der Waals surface area contributed by atoms with Crippen molar-refractivity contribution in [3.63, 3.8) is 0 Å². The molecule has 0 amide bonds. The maximum absolute atomic E-state index is 5.90. The van der Waals surface area contributed by atoms with E-state index in [1.807, 2.05) is 30.3 Å². The summed E-state index contributed by atoms with van der Waals surface area (Å²) in [6.07, 6.45) is 6.99. The van der Waals surface area contributed by atoms with Crippen LogP contribution in [0.1, 0.15) is 0 Å². The second-order valence-corrected chi connectivity index (χ2v) is 4.86. The highest BCUT2D eigenvalue weighted by atomic mass is 15.0. The third-order valence-electron chi connectivity index (χ3n) is 3.43. The normalized spacial score (nSPS) is 10.9. The van der Waals surface area contributed by atoms with Crippen LogP contribution in [-0.4, -0.2) is 24.9 Å². The van der Waals surface area contributed by atoms with Gasteiger partial charge < -0.3 is 10.7 Å². The zero-order valence-electron chi connectivity index (χ0n) is 11.6. The SMILES string of the molecule is Nc1ncccc1-c1nc2ncc(-c3cccnc3)cc2[nH]1. The molecule has 0 aliphatic heterocycles. The topological polar surface area (TPSA) is 93.4 Å². The van der Waals surface area contributed by atoms with Gasteiger partial charge in [0.25, 0.3) is 0 Å². The summed E-state index contributed by atoms with van der Waals surface area (Å²) in [7, 11) is 0. The number of hydrogen-bond acceptors (Lipinski definition) is 5. The van der Waals surface area contributed by atoms with Gasteiger partial charge >= 0.3 is 0 Å². The van der Waals surface area contributed by atoms with Gasteiger partial charge in [0.15, 0.2) is 5.65 Å². The number of H-pyrrole nitrogens is 1. The second-order valence-electron chi connectivity index (χ2n) is 4.86. The molecular weight excluding hydrogens is 276 g/mol. The molecule has 4 aromatic heterocycles. The lowest BCUT2D eigenvalue weighted by atomic mass is 10.1. The molecule has 0 aliphatic rings. The predicted molar refractivity (Wildman–Crippen MR) is 84.8 cm³/mol. The second kappa shape index (κ2) is 4.92. The highest BCUT2D eigenvalue weighted by Gasteiger charge is 2.10. The van der Waals surface area contributed by atoms with Crippen LogP contribution >= 0.6 is 0 Å². The van der Waals surface area contributed by atoms with Gasteiger partial charge in [0.1, 0.15) is 11.6 Å². The molecule has 0 radical (unpaired) electrons. The highest BCUT2D eigenvalue weighted by Crippen LogP contribution is 2.25. The fourth-order valence-electron chi connectivity index (χ4n) is 2.34. The number of fused-ring (bicyclic) bond motifs is 1. The van der Waals surface area contributed by atoms with E-state index in [1.165, 1.54) is 0 Å². The molecule has 0 spiro atoms. The maximum Gasteiger partial charge on any atom is 0.178 e. The predicted octanol–water partition coefficient (Wildman–Crippen LogP) is 2.66. The molecule has 0 saturated carbocycles. The highest BCUT2D eigenvalue weighted by molar-refractivity contribution is 5.82. The number of aromatic nitrogens is 5. The zero-order chi connectivity index (χ0) is 14.9. The molecule has 4 rings (SSSR count). The van der Waals surface area contributed by atoms with Crippen molar-refractivity contribution in [1.82, 2.24) is 24.9 Å². The summed E-state index contributed by atoms with van der Waals surface area (Å²) in [4.78, 5) is 20.3. The van der Waals surface area contributed by atoms with Crippen molar-refractivity contribution in [3.8, 4) is 22.5 Å². The van der Waals surface area contributed by atoms with Gasteiger partial charge in [0.05, 0.1) is 11.1 Å². The molecular formula is C16H12N6. The van der Waals surface area contributed by atoms with Gasteiger partial charge in [-0.2, -0.15) is 0 Å². The van der Waals surface area contributed by atoms with Crippen molar-refractivity contribution in [2.24, 2.45) is 0 Å². The van der Waals surface area contributed by atoms with Crippen LogP contribution in [0.3, 0.4) is 0 Å². The van der Waals surface area contributed by atoms with Crippen LogP contribution in [0.2, 0.25) is 0 Å². The van der Waals surface area contributed by atoms with Gasteiger partial charge in [0, 0.05) is 35.9 Å². The molecule has 106 valence electrons. The van der Waals surface area contributed by atoms with E-state index < -0.39 is 0 Å². The Morgan fingerprint density at radius 3 is 2.68 bits per heavy atom. The summed E-state index contributed by atoms with van der Waals surface area (Å²) in [6.45, 7) is 0. The molecule has 0 unspecified atom stereocenters. The standard InChI is InChI=1S/C16H12N6/c17-14-12(4-2-6-19-14)15-21-13-7-11(9-20-16(13)22-15)10-3-1-5-18-8-10/h1-9H,(H2,17,19)(H,20,21,22). The number of nitrogens with two attached hydrogens (primary N) is 1. The molecule has 0 aliphatic carbocycles. The van der Waals surface area contributed by atoms with Crippen LogP contribution in [0.4, 0.5) is 5.82 Å². The van der Waals surface area contributed by atoms with Crippen molar-refractivity contribution in [2.75, 3.05) is 5.73 Å². The van der Waals surface area contributed by atoms with Gasteiger partial charge in [-0.15, -0.1) is 0 Å². The van der Waals surface area contributed by atoms with E-state index in [4.69, 9.17) is 5.73 Å². The van der Waals surface area contributed by atoms with E-state index in [-0.39, 0.29) is 0 Å². The summed E-state index contributed by atoms with van der Waals surface area (Å²) < 4.78 is 0. The summed E-state index contributed by atoms with van der Waals surface area (Å²) >= 11 is 0. The first-order valence-electron chi connectivity index (χ1n) is 6.78. The first-order valence-corrected chi connectivity index (χ1v) is 6.78. The molecule has 22 heavy (non-hydrogen) atoms. The number of anilines is 1. The molecule has 0 saturated heterocycles. The van der Waals surface area contributed by atoms with Gasteiger partial charge in [-0.1, -0.05) is 6.07 Å². The minimum absolute atomic E-state index is 0.439. The first kappa shape index (κ1) is 12.5. The van der Waals surface area contributed by atoms with Gasteiger partial charge in [0.2, 0.25) is 0 Å². The fourth-order valence-corrected chi connectivity index (χ4v) is 2.34. The van der Waals surface area contributed by atoms with Crippen molar-refractivity contribution in [2.45, 2.75) is 0 Å². The average molecular weight is 288 g/mol. The van der Waals surface area contributed by atoms with Crippen LogP contribution in [0.5, 0.6) is 0 Å². The fraction of sp³-hybridized carbons (Fsp3) is 0. The van der Waals surface area contributed by atoms with E-state index in [0.29, 0.717) is 17.3 Å². The molecule has 0 atom stereocenters. The molecule has 0 bridgehead atoms. The van der Waals surface area contributed by atoms with Crippen molar-refractivity contribution >= 4 is 17.0 Å². The third-order valence-corrected chi connectivity index (χ3v) is 3.43. The minimum atomic E-state index is 0.439. The summed E-state index contributed by atoms with van der Waals surface area (Å²) in [5.74, 6) is 1.10. The number of hydrogen-bond donors (Lipinski definition) is 2. The lowest BCUT2D eigenvalue weighted by Crippen LogP contribution is -1.93. The van der Waals surface area contributed by atoms with Crippen molar-refractivity contribution in [1.29, 1.82) is 0 Å². The number of nitrogen functional groups attached to an aromatic ring is 1. The monoisotopic (exact) mass is 288 g/mol. The molecule has 0 fully saturated rings. The van der Waals surface area contributed by atoms with Crippen LogP contribution < -0.4 is 5.73 Å². The van der Waals surface area contributed by atoms with E-state index in [9.17, 15) is 0 Å². The Labute approximate surface area is 126 Å². The maximum atomic E-state index is 5.90. The Bertz CT molecular complexity index is 945. The van der Waals surface area contributed by atoms with Crippen molar-refractivity contribution in [3.05, 3.63) is 55.1 Å². The van der Waals surface area contributed by atoms with Crippen LogP contribution in [0.25, 0.3) is 33.7 Å². The number of imidazole rings is 1. The van der Waals surface area contributed by atoms with E-state index in [1.54, 1.807) is 24.8 Å². The lowest BCUT2D eigenvalue weighted by molar-refractivity contribution is 1.27. The Kier molecular flexibility index (Phi) is 2.79. The Morgan fingerprint density at radius 2 is 1.86 bits per heavy atom. The molecule has 4 heterocycles. The number of nitrogens with zero attached hydrogens (tertiary/aromatic N) is 4. The summed E-state index contributed by atoms with van der Waals surface area (Å²) in [5, 5.41) is 0. The smallest absolute Gasteiger partial charge is 0.178 e. The van der Waals surface area contributed by atoms with Crippen molar-refractivity contribution < 1.29 is 0 Å². The summed E-state index contributed by atoms with van der Waals surface area (Å²) in [5.41, 5.74) is 10.1. The third kappa shape index (κ3) is 2.07. The van der Waals surface area contributed by atoms with Gasteiger partial charge in [-0.25, -0.2) is 15.0 Å². The van der Waals surface area contributed by atoms with Crippen LogP contribution in [-0.2, 0) is 0 Å². The number of pyridine rings is 3. The zero-order valence-corrected chi connectivity index (χ0v) is 11.6. The molecule has 4 aromatic rings. The Morgan fingerprint density at radius 1 is 0.955 bits per heavy atom. The molecule has 6 heteroatoms. The number of nitrogens with one attached hydrogen (secondary N) is 1. The Hall–Kier alpha value is -3.28. The molecule has 0 aromatic carbocycles. The number of rotatable bonds is 2. The molecule has 3 N–H and O–H groups in total. The van der Waals surface area contributed by atoms with E-state index in [2.05, 4.69) is 24.9 Å². The number of aromatic amines is 1. The van der Waals surface area contributed by atoms with Crippen LogP contribution in [0, 0.1) is 0 Å². The van der Waals surface area contributed by atoms with Crippen LogP contribution in [0.15, 0.2) is 55.1 Å².